The fraction of sp³-hybridized carbons (Fsp3) is 0.750. The van der Waals surface area contributed by atoms with Gasteiger partial charge >= 0.3 is 0 Å². The summed E-state index contributed by atoms with van der Waals surface area (Å²) in [5.74, 6) is 2.00. The summed E-state index contributed by atoms with van der Waals surface area (Å²) < 4.78 is 6.30. The third-order valence-electron chi connectivity index (χ3n) is 4.01. The smallest absolute Gasteiger partial charge is 0.191 e. The maximum atomic E-state index is 5.15. The van der Waals surface area contributed by atoms with Gasteiger partial charge in [-0.25, -0.2) is 4.98 Å². The molecule has 0 aromatic carbocycles. The van der Waals surface area contributed by atoms with Crippen LogP contribution >= 0.6 is 23.1 Å². The molecule has 2 rings (SSSR count). The Labute approximate surface area is 153 Å². The largest absolute Gasteiger partial charge is 0.383 e. The van der Waals surface area contributed by atoms with E-state index in [0.717, 1.165) is 68.1 Å². The molecule has 1 aliphatic rings. The highest BCUT2D eigenvalue weighted by Crippen LogP contribution is 2.20. The molecular weight excluding hydrogens is 342 g/mol. The van der Waals surface area contributed by atoms with Crippen LogP contribution in [0.5, 0.6) is 0 Å². The van der Waals surface area contributed by atoms with E-state index < -0.39 is 0 Å². The van der Waals surface area contributed by atoms with Gasteiger partial charge in [0.15, 0.2) is 5.96 Å². The molecule has 0 aliphatic carbocycles. The normalized spacial score (nSPS) is 17.2. The van der Waals surface area contributed by atoms with Crippen molar-refractivity contribution in [1.82, 2.24) is 20.5 Å². The van der Waals surface area contributed by atoms with Crippen molar-refractivity contribution in [2.75, 3.05) is 52.7 Å². The Morgan fingerprint density at radius 1 is 1.50 bits per heavy atom. The zero-order valence-corrected chi connectivity index (χ0v) is 16.3. The standard InChI is InChI=1S/C16H29N5OS2/c1-17-15(18-6-3-12-23-16-19-7-13-24-16)20-14-4-8-21(9-5-14)10-11-22-2/h7,13-14H,3-6,8-12H2,1-2H3,(H2,17,18,20). The molecule has 1 aromatic heterocycles. The molecule has 0 amide bonds. The zero-order valence-electron chi connectivity index (χ0n) is 14.7. The number of piperidine rings is 1. The SMILES string of the molecule is CN=C(NCCCSc1nccs1)NC1CCN(CCOC)CC1. The molecule has 1 aromatic rings. The molecule has 1 saturated heterocycles. The molecule has 0 radical (unpaired) electrons. The van der Waals surface area contributed by atoms with E-state index in [1.165, 1.54) is 0 Å². The van der Waals surface area contributed by atoms with Gasteiger partial charge in [0.05, 0.1) is 6.61 Å². The number of thioether (sulfide) groups is 1. The number of hydrogen-bond acceptors (Lipinski definition) is 6. The van der Waals surface area contributed by atoms with Gasteiger partial charge in [0.2, 0.25) is 0 Å². The van der Waals surface area contributed by atoms with Crippen molar-refractivity contribution in [3.63, 3.8) is 0 Å². The van der Waals surface area contributed by atoms with Crippen LogP contribution < -0.4 is 10.6 Å². The van der Waals surface area contributed by atoms with Crippen LogP contribution in [0.1, 0.15) is 19.3 Å². The molecule has 0 saturated carbocycles. The van der Waals surface area contributed by atoms with Crippen LogP contribution in [-0.2, 0) is 4.74 Å². The van der Waals surface area contributed by atoms with Crippen molar-refractivity contribution in [3.05, 3.63) is 11.6 Å². The minimum Gasteiger partial charge on any atom is -0.383 e. The zero-order chi connectivity index (χ0) is 17.0. The van der Waals surface area contributed by atoms with E-state index in [0.29, 0.717) is 6.04 Å². The van der Waals surface area contributed by atoms with Crippen LogP contribution in [-0.4, -0.2) is 74.6 Å². The topological polar surface area (TPSA) is 61.8 Å². The quantitative estimate of drug-likeness (QED) is 0.299. The molecular formula is C16H29N5OS2. The molecule has 2 N–H and O–H groups in total. The van der Waals surface area contributed by atoms with Crippen molar-refractivity contribution in [2.24, 2.45) is 4.99 Å². The summed E-state index contributed by atoms with van der Waals surface area (Å²) >= 11 is 3.52. The van der Waals surface area contributed by atoms with Gasteiger partial charge in [0, 0.05) is 63.7 Å². The number of nitrogens with zero attached hydrogens (tertiary/aromatic N) is 3. The molecule has 0 bridgehead atoms. The lowest BCUT2D eigenvalue weighted by Crippen LogP contribution is -2.49. The second-order valence-corrected chi connectivity index (χ2v) is 7.99. The maximum Gasteiger partial charge on any atom is 0.191 e. The monoisotopic (exact) mass is 371 g/mol. The second-order valence-electron chi connectivity index (χ2n) is 5.75. The first-order valence-electron chi connectivity index (χ1n) is 8.52. The minimum atomic E-state index is 0.514. The Morgan fingerprint density at radius 2 is 2.33 bits per heavy atom. The molecule has 0 atom stereocenters. The van der Waals surface area contributed by atoms with Crippen LogP contribution in [0.25, 0.3) is 0 Å². The molecule has 0 spiro atoms. The van der Waals surface area contributed by atoms with Gasteiger partial charge in [-0.15, -0.1) is 11.3 Å². The number of nitrogens with one attached hydrogen (secondary N) is 2. The summed E-state index contributed by atoms with van der Waals surface area (Å²) in [4.78, 5) is 11.1. The highest BCUT2D eigenvalue weighted by atomic mass is 32.2. The van der Waals surface area contributed by atoms with E-state index in [1.807, 2.05) is 30.4 Å². The van der Waals surface area contributed by atoms with E-state index in [-0.39, 0.29) is 0 Å². The number of aliphatic imine (C=N–C) groups is 1. The van der Waals surface area contributed by atoms with Gasteiger partial charge < -0.3 is 20.3 Å². The Morgan fingerprint density at radius 3 is 3.00 bits per heavy atom. The third-order valence-corrected chi connectivity index (χ3v) is 6.06. The predicted molar refractivity (Wildman–Crippen MR) is 103 cm³/mol. The van der Waals surface area contributed by atoms with E-state index in [9.17, 15) is 0 Å². The summed E-state index contributed by atoms with van der Waals surface area (Å²) in [5.41, 5.74) is 0. The van der Waals surface area contributed by atoms with Crippen LogP contribution in [0.3, 0.4) is 0 Å². The van der Waals surface area contributed by atoms with Crippen molar-refractivity contribution in [2.45, 2.75) is 29.6 Å². The number of thiazole rings is 1. The molecule has 136 valence electrons. The van der Waals surface area contributed by atoms with Crippen LogP contribution in [0.15, 0.2) is 20.9 Å². The number of ether oxygens (including phenoxy) is 1. The summed E-state index contributed by atoms with van der Waals surface area (Å²) in [6.45, 7) is 5.04. The van der Waals surface area contributed by atoms with Crippen molar-refractivity contribution >= 4 is 29.1 Å². The fourth-order valence-corrected chi connectivity index (χ4v) is 4.28. The van der Waals surface area contributed by atoms with E-state index in [4.69, 9.17) is 4.74 Å². The summed E-state index contributed by atoms with van der Waals surface area (Å²) in [6.07, 6.45) is 5.27. The highest BCUT2D eigenvalue weighted by Gasteiger charge is 2.19. The lowest BCUT2D eigenvalue weighted by molar-refractivity contribution is 0.128. The highest BCUT2D eigenvalue weighted by molar-refractivity contribution is 8.00. The summed E-state index contributed by atoms with van der Waals surface area (Å²) in [6, 6.07) is 0.514. The Kier molecular flexibility index (Phi) is 9.48. The minimum absolute atomic E-state index is 0.514. The first-order valence-corrected chi connectivity index (χ1v) is 10.4. The number of methoxy groups -OCH3 is 1. The van der Waals surface area contributed by atoms with Crippen molar-refractivity contribution < 1.29 is 4.74 Å². The Balaban J connectivity index is 1.55. The lowest BCUT2D eigenvalue weighted by Gasteiger charge is -2.32. The first-order chi connectivity index (χ1) is 11.8. The molecule has 0 unspecified atom stereocenters. The van der Waals surface area contributed by atoms with Crippen LogP contribution in [0.2, 0.25) is 0 Å². The predicted octanol–water partition coefficient (Wildman–Crippen LogP) is 1.90. The number of likely N-dealkylation sites (tertiary alicyclic amines) is 1. The molecule has 8 heteroatoms. The summed E-state index contributed by atoms with van der Waals surface area (Å²) in [5, 5.41) is 8.99. The van der Waals surface area contributed by atoms with E-state index in [1.54, 1.807) is 18.4 Å². The molecule has 1 aliphatic heterocycles. The lowest BCUT2D eigenvalue weighted by atomic mass is 10.1. The van der Waals surface area contributed by atoms with E-state index >= 15 is 0 Å². The third kappa shape index (κ3) is 7.38. The van der Waals surface area contributed by atoms with Gasteiger partial charge in [0.25, 0.3) is 0 Å². The molecule has 1 fully saturated rings. The van der Waals surface area contributed by atoms with E-state index in [2.05, 4.69) is 25.5 Å². The maximum absolute atomic E-state index is 5.15. The number of guanidine groups is 1. The molecule has 6 nitrogen and oxygen atoms in total. The summed E-state index contributed by atoms with van der Waals surface area (Å²) in [7, 11) is 3.60. The van der Waals surface area contributed by atoms with Gasteiger partial charge in [-0.2, -0.15) is 0 Å². The fourth-order valence-electron chi connectivity index (χ4n) is 2.63. The average molecular weight is 372 g/mol. The Hall–Kier alpha value is -0.830. The van der Waals surface area contributed by atoms with Gasteiger partial charge in [-0.1, -0.05) is 11.8 Å². The number of hydrogen-bond donors (Lipinski definition) is 2. The number of aromatic nitrogens is 1. The van der Waals surface area contributed by atoms with Gasteiger partial charge in [-0.3, -0.25) is 4.99 Å². The molecule has 2 heterocycles. The van der Waals surface area contributed by atoms with Crippen LogP contribution in [0.4, 0.5) is 0 Å². The van der Waals surface area contributed by atoms with Gasteiger partial charge in [0.1, 0.15) is 4.34 Å². The second kappa shape index (κ2) is 11.7. The molecule has 24 heavy (non-hydrogen) atoms. The van der Waals surface area contributed by atoms with Gasteiger partial charge in [-0.05, 0) is 19.3 Å². The first kappa shape index (κ1) is 19.5. The Bertz CT molecular complexity index is 461. The number of rotatable bonds is 9. The average Bonchev–Trinajstić information content (AvgIpc) is 3.13. The van der Waals surface area contributed by atoms with Crippen molar-refractivity contribution in [3.8, 4) is 0 Å². The van der Waals surface area contributed by atoms with Crippen molar-refractivity contribution in [1.29, 1.82) is 0 Å². The van der Waals surface area contributed by atoms with Crippen LogP contribution in [0, 0.1) is 0 Å².